The molecule has 0 saturated carbocycles. The lowest BCUT2D eigenvalue weighted by atomic mass is 9.82. The van der Waals surface area contributed by atoms with Gasteiger partial charge in [0.25, 0.3) is 0 Å². The van der Waals surface area contributed by atoms with Gasteiger partial charge in [0.05, 0.1) is 22.1 Å². The topological polar surface area (TPSA) is 13.1 Å². The number of nitrogens with zero attached hydrogens (tertiary/aromatic N) is 3. The number of hydrogen-bond acceptors (Lipinski definition) is 1. The van der Waals surface area contributed by atoms with E-state index < -0.39 is 0 Å². The van der Waals surface area contributed by atoms with E-state index in [1.807, 2.05) is 0 Å². The maximum atomic E-state index is 2.55. The molecule has 3 nitrogen and oxygen atoms in total. The van der Waals surface area contributed by atoms with E-state index >= 15 is 0 Å². The average Bonchev–Trinajstić information content (AvgIpc) is 3.84. The van der Waals surface area contributed by atoms with E-state index in [1.54, 1.807) is 0 Å². The normalized spacial score (nSPS) is 16.8. The molecule has 0 fully saturated rings. The summed E-state index contributed by atoms with van der Waals surface area (Å²) in [6.07, 6.45) is 4.98. The van der Waals surface area contributed by atoms with Gasteiger partial charge in [-0.1, -0.05) is 140 Å². The monoisotopic (exact) mass is 665 g/mol. The molecular formula is C49H35N3. The first-order chi connectivity index (χ1) is 25.7. The third-order valence-electron chi connectivity index (χ3n) is 11.3. The van der Waals surface area contributed by atoms with Gasteiger partial charge in [0, 0.05) is 55.9 Å². The lowest BCUT2D eigenvalue weighted by Gasteiger charge is -2.30. The summed E-state index contributed by atoms with van der Waals surface area (Å²) in [5, 5.41) is 5.05. The summed E-state index contributed by atoms with van der Waals surface area (Å²) < 4.78 is 5.02. The van der Waals surface area contributed by atoms with Crippen LogP contribution < -0.4 is 4.90 Å². The molecule has 7 aromatic carbocycles. The summed E-state index contributed by atoms with van der Waals surface area (Å²) in [5.74, 6) is 0.526. The molecule has 1 aliphatic heterocycles. The predicted octanol–water partition coefficient (Wildman–Crippen LogP) is 12.9. The first kappa shape index (κ1) is 29.2. The highest BCUT2D eigenvalue weighted by Crippen LogP contribution is 2.54. The fraction of sp³-hybridized carbons (Fsp3) is 0.0612. The van der Waals surface area contributed by atoms with Crippen molar-refractivity contribution in [3.63, 3.8) is 0 Å². The Hall–Kier alpha value is -6.58. The smallest absolute Gasteiger partial charge is 0.0788 e. The molecule has 9 aromatic rings. The molecule has 52 heavy (non-hydrogen) atoms. The Morgan fingerprint density at radius 2 is 1.04 bits per heavy atom. The van der Waals surface area contributed by atoms with Crippen LogP contribution >= 0.6 is 0 Å². The number of hydrogen-bond donors (Lipinski definition) is 0. The predicted molar refractivity (Wildman–Crippen MR) is 219 cm³/mol. The van der Waals surface area contributed by atoms with Gasteiger partial charge in [0.15, 0.2) is 0 Å². The zero-order chi connectivity index (χ0) is 34.3. The Morgan fingerprint density at radius 1 is 0.462 bits per heavy atom. The second-order valence-electron chi connectivity index (χ2n) is 14.2. The van der Waals surface area contributed by atoms with E-state index in [0.29, 0.717) is 0 Å². The quantitative estimate of drug-likeness (QED) is 0.182. The molecular weight excluding hydrogens is 631 g/mol. The van der Waals surface area contributed by atoms with E-state index in [2.05, 4.69) is 203 Å². The van der Waals surface area contributed by atoms with Crippen molar-refractivity contribution in [2.45, 2.75) is 12.8 Å². The number of anilines is 2. The van der Waals surface area contributed by atoms with Crippen LogP contribution in [0.4, 0.5) is 11.4 Å². The second-order valence-corrected chi connectivity index (χ2v) is 14.2. The Balaban J connectivity index is 1.20. The number of rotatable bonds is 4. The van der Waals surface area contributed by atoms with Crippen LogP contribution in [0.2, 0.25) is 0 Å². The van der Waals surface area contributed by atoms with Gasteiger partial charge in [-0.05, 0) is 71.1 Å². The van der Waals surface area contributed by atoms with Crippen molar-refractivity contribution in [3.8, 4) is 16.8 Å². The van der Waals surface area contributed by atoms with Gasteiger partial charge >= 0.3 is 0 Å². The Morgan fingerprint density at radius 3 is 1.79 bits per heavy atom. The highest BCUT2D eigenvalue weighted by Gasteiger charge is 2.39. The highest BCUT2D eigenvalue weighted by molar-refractivity contribution is 6.24. The third-order valence-corrected chi connectivity index (χ3v) is 11.3. The van der Waals surface area contributed by atoms with E-state index in [1.165, 1.54) is 83.1 Å². The molecule has 2 atom stereocenters. The second kappa shape index (κ2) is 11.2. The van der Waals surface area contributed by atoms with Crippen LogP contribution in [0.15, 0.2) is 188 Å². The average molecular weight is 666 g/mol. The third kappa shape index (κ3) is 4.14. The van der Waals surface area contributed by atoms with Crippen LogP contribution in [-0.4, -0.2) is 9.13 Å². The number of fused-ring (bicyclic) bond motifs is 10. The lowest BCUT2D eigenvalue weighted by molar-refractivity contribution is 0.618. The van der Waals surface area contributed by atoms with E-state index in [4.69, 9.17) is 0 Å². The summed E-state index contributed by atoms with van der Waals surface area (Å²) in [6.45, 7) is 2.39. The largest absolute Gasteiger partial charge is 0.313 e. The Bertz CT molecular complexity index is 2920. The number of benzene rings is 7. The Labute approximate surface area is 302 Å². The van der Waals surface area contributed by atoms with Gasteiger partial charge in [-0.3, -0.25) is 0 Å². The molecule has 0 saturated heterocycles. The maximum absolute atomic E-state index is 2.55. The molecule has 0 N–H and O–H groups in total. The van der Waals surface area contributed by atoms with Gasteiger partial charge in [-0.15, -0.1) is 0 Å². The van der Waals surface area contributed by atoms with Crippen molar-refractivity contribution in [1.82, 2.24) is 9.13 Å². The van der Waals surface area contributed by atoms with Gasteiger partial charge in [0.2, 0.25) is 0 Å². The minimum absolute atomic E-state index is 0.254. The summed E-state index contributed by atoms with van der Waals surface area (Å²) in [6, 6.07) is 62.0. The van der Waals surface area contributed by atoms with Crippen LogP contribution in [0, 0.1) is 5.92 Å². The lowest BCUT2D eigenvalue weighted by Crippen LogP contribution is -2.20. The van der Waals surface area contributed by atoms with Crippen molar-refractivity contribution >= 4 is 60.7 Å². The van der Waals surface area contributed by atoms with Gasteiger partial charge in [-0.25, -0.2) is 0 Å². The summed E-state index contributed by atoms with van der Waals surface area (Å²) in [4.78, 5) is 2.51. The van der Waals surface area contributed by atoms with E-state index in [0.717, 1.165) is 5.69 Å². The van der Waals surface area contributed by atoms with Crippen molar-refractivity contribution < 1.29 is 0 Å². The molecule has 246 valence electrons. The van der Waals surface area contributed by atoms with Crippen LogP contribution in [0.3, 0.4) is 0 Å². The molecule has 2 unspecified atom stereocenters. The first-order valence-electron chi connectivity index (χ1n) is 18.2. The molecule has 0 bridgehead atoms. The van der Waals surface area contributed by atoms with Crippen molar-refractivity contribution in [2.24, 2.45) is 5.92 Å². The summed E-state index contributed by atoms with van der Waals surface area (Å²) in [5.41, 5.74) is 14.9. The van der Waals surface area contributed by atoms with Crippen LogP contribution in [-0.2, 0) is 0 Å². The molecule has 0 spiro atoms. The fourth-order valence-corrected chi connectivity index (χ4v) is 9.16. The van der Waals surface area contributed by atoms with Gasteiger partial charge < -0.3 is 14.0 Å². The molecule has 1 aliphatic carbocycles. The first-order valence-corrected chi connectivity index (χ1v) is 18.2. The maximum Gasteiger partial charge on any atom is 0.0788 e. The van der Waals surface area contributed by atoms with Gasteiger partial charge in [-0.2, -0.15) is 0 Å². The number of para-hydroxylation sites is 4. The summed E-state index contributed by atoms with van der Waals surface area (Å²) >= 11 is 0. The SMILES string of the molecule is CC1C=C(n2c3ccccc3c3ccc4c5ccccc5n(-c5ccccc5)c4c32)C=C2C1c1ccccc1N2c1cccc(-c2ccccc2)c1. The standard InChI is InChI=1S/C49H35N3/c1-32-29-37(31-46-47(32)42-23-10-13-26-45(42)50(46)36-20-14-17-34(30-36)33-15-4-2-5-16-33)52-44-25-12-9-22-39(44)41-28-27-40-38-21-8-11-24-43(38)51(48(40)49(41)52)35-18-6-3-7-19-35/h2-32,47H,1H3. The van der Waals surface area contributed by atoms with Crippen LogP contribution in [0.5, 0.6) is 0 Å². The molecule has 11 rings (SSSR count). The molecule has 3 heterocycles. The highest BCUT2D eigenvalue weighted by atomic mass is 15.2. The van der Waals surface area contributed by atoms with Crippen molar-refractivity contribution in [1.29, 1.82) is 0 Å². The fourth-order valence-electron chi connectivity index (χ4n) is 9.16. The van der Waals surface area contributed by atoms with Crippen LogP contribution in [0.1, 0.15) is 18.4 Å². The molecule has 2 aromatic heterocycles. The van der Waals surface area contributed by atoms with E-state index in [-0.39, 0.29) is 11.8 Å². The summed E-state index contributed by atoms with van der Waals surface area (Å²) in [7, 11) is 0. The van der Waals surface area contributed by atoms with Crippen molar-refractivity contribution in [3.05, 3.63) is 193 Å². The molecule has 0 amide bonds. The zero-order valence-electron chi connectivity index (χ0n) is 28.8. The molecule has 2 aliphatic rings. The van der Waals surface area contributed by atoms with Gasteiger partial charge in [0.1, 0.15) is 0 Å². The van der Waals surface area contributed by atoms with Crippen molar-refractivity contribution in [2.75, 3.05) is 4.90 Å². The minimum Gasteiger partial charge on any atom is -0.313 e. The molecule has 3 heteroatoms. The Kier molecular flexibility index (Phi) is 6.29. The zero-order valence-corrected chi connectivity index (χ0v) is 28.8. The molecule has 0 radical (unpaired) electrons. The number of allylic oxidation sites excluding steroid dienone is 4. The van der Waals surface area contributed by atoms with E-state index in [9.17, 15) is 0 Å². The number of aromatic nitrogens is 2. The van der Waals surface area contributed by atoms with Crippen LogP contribution in [0.25, 0.3) is 66.1 Å². The minimum atomic E-state index is 0.254.